The summed E-state index contributed by atoms with van der Waals surface area (Å²) in [5.41, 5.74) is 1.60. The first-order valence-electron chi connectivity index (χ1n) is 9.36. The van der Waals surface area contributed by atoms with Gasteiger partial charge in [0.05, 0.1) is 18.8 Å². The van der Waals surface area contributed by atoms with Gasteiger partial charge in [0, 0.05) is 12.1 Å². The number of carbonyl (C=O) groups excluding carboxylic acids is 1. The minimum absolute atomic E-state index is 0.0388. The SMILES string of the molecule is CC(C)[C@@H](O)c1ccc(N2C(=O)CCC2COCc2ccc(C(=O)O)o2)cc1. The molecule has 2 N–H and O–H groups in total. The standard InChI is InChI=1S/C21H25NO6/c1-13(2)20(24)14-3-5-15(6-4-14)22-16(7-10-19(22)23)11-27-12-17-8-9-18(28-17)21(25)26/h3-6,8-9,13,16,20,24H,7,10-12H2,1-2H3,(H,25,26)/t16?,20-/m1/s1. The van der Waals surface area contributed by atoms with Gasteiger partial charge in [0.15, 0.2) is 0 Å². The summed E-state index contributed by atoms with van der Waals surface area (Å²) in [6.45, 7) is 4.37. The Balaban J connectivity index is 1.61. The van der Waals surface area contributed by atoms with Crippen molar-refractivity contribution >= 4 is 17.6 Å². The van der Waals surface area contributed by atoms with Crippen molar-refractivity contribution in [3.8, 4) is 0 Å². The highest BCUT2D eigenvalue weighted by atomic mass is 16.5. The van der Waals surface area contributed by atoms with Gasteiger partial charge < -0.3 is 24.3 Å². The molecule has 7 nitrogen and oxygen atoms in total. The lowest BCUT2D eigenvalue weighted by atomic mass is 9.99. The van der Waals surface area contributed by atoms with E-state index < -0.39 is 12.1 Å². The molecule has 1 amide bonds. The lowest BCUT2D eigenvalue weighted by Gasteiger charge is -2.25. The average molecular weight is 387 g/mol. The summed E-state index contributed by atoms with van der Waals surface area (Å²) in [5, 5.41) is 19.0. The number of aliphatic hydroxyl groups excluding tert-OH is 1. The lowest BCUT2D eigenvalue weighted by Crippen LogP contribution is -2.36. The highest BCUT2D eigenvalue weighted by Gasteiger charge is 2.32. The molecule has 0 spiro atoms. The fraction of sp³-hybridized carbons (Fsp3) is 0.429. The number of hydrogen-bond donors (Lipinski definition) is 2. The number of rotatable bonds is 8. The van der Waals surface area contributed by atoms with Crippen LogP contribution < -0.4 is 4.90 Å². The molecule has 1 aromatic heterocycles. The molecular weight excluding hydrogens is 362 g/mol. The fourth-order valence-electron chi connectivity index (χ4n) is 3.34. The Morgan fingerprint density at radius 2 is 1.96 bits per heavy atom. The van der Waals surface area contributed by atoms with Crippen LogP contribution in [0.1, 0.15) is 54.7 Å². The van der Waals surface area contributed by atoms with Gasteiger partial charge in [-0.3, -0.25) is 4.79 Å². The maximum atomic E-state index is 12.4. The predicted molar refractivity (Wildman–Crippen MR) is 102 cm³/mol. The molecule has 1 saturated heterocycles. The van der Waals surface area contributed by atoms with Crippen LogP contribution >= 0.6 is 0 Å². The van der Waals surface area contributed by atoms with E-state index in [4.69, 9.17) is 14.3 Å². The zero-order valence-electron chi connectivity index (χ0n) is 16.0. The van der Waals surface area contributed by atoms with Gasteiger partial charge >= 0.3 is 5.97 Å². The van der Waals surface area contributed by atoms with E-state index in [2.05, 4.69) is 0 Å². The Morgan fingerprint density at radius 1 is 1.25 bits per heavy atom. The Bertz CT molecular complexity index is 826. The Hall–Kier alpha value is -2.64. The third-order valence-corrected chi connectivity index (χ3v) is 4.90. The normalized spacial score (nSPS) is 18.1. The quantitative estimate of drug-likeness (QED) is 0.720. The zero-order valence-corrected chi connectivity index (χ0v) is 16.0. The number of ether oxygens (including phenoxy) is 1. The van der Waals surface area contributed by atoms with E-state index >= 15 is 0 Å². The van der Waals surface area contributed by atoms with Crippen molar-refractivity contribution in [1.29, 1.82) is 0 Å². The van der Waals surface area contributed by atoms with Gasteiger partial charge in [0.2, 0.25) is 11.7 Å². The average Bonchev–Trinajstić information content (AvgIpc) is 3.28. The minimum Gasteiger partial charge on any atom is -0.475 e. The van der Waals surface area contributed by atoms with E-state index in [0.717, 1.165) is 11.3 Å². The number of anilines is 1. The van der Waals surface area contributed by atoms with Gasteiger partial charge in [-0.1, -0.05) is 26.0 Å². The molecule has 1 aliphatic rings. The third-order valence-electron chi connectivity index (χ3n) is 4.90. The Labute approximate surface area is 163 Å². The van der Waals surface area contributed by atoms with E-state index in [-0.39, 0.29) is 30.2 Å². The van der Waals surface area contributed by atoms with Gasteiger partial charge in [0.25, 0.3) is 0 Å². The largest absolute Gasteiger partial charge is 0.475 e. The number of carboxylic acid groups (broad SMARTS) is 1. The summed E-state index contributed by atoms with van der Waals surface area (Å²) in [6.07, 6.45) is 0.605. The van der Waals surface area contributed by atoms with E-state index in [1.807, 2.05) is 38.1 Å². The van der Waals surface area contributed by atoms with Crippen LogP contribution in [-0.2, 0) is 16.1 Å². The molecule has 1 aliphatic heterocycles. The molecule has 0 saturated carbocycles. The Kier molecular flexibility index (Phi) is 6.16. The van der Waals surface area contributed by atoms with Gasteiger partial charge in [-0.15, -0.1) is 0 Å². The van der Waals surface area contributed by atoms with Crippen LogP contribution in [0, 0.1) is 5.92 Å². The van der Waals surface area contributed by atoms with Crippen molar-refractivity contribution in [1.82, 2.24) is 0 Å². The van der Waals surface area contributed by atoms with Crippen LogP contribution in [0.15, 0.2) is 40.8 Å². The number of aliphatic hydroxyl groups is 1. The zero-order chi connectivity index (χ0) is 20.3. The molecule has 3 rings (SSSR count). The molecule has 1 unspecified atom stereocenters. The second-order valence-electron chi connectivity index (χ2n) is 7.32. The van der Waals surface area contributed by atoms with E-state index in [9.17, 15) is 14.7 Å². The van der Waals surface area contributed by atoms with Crippen LogP contribution in [0.2, 0.25) is 0 Å². The molecule has 0 radical (unpaired) electrons. The summed E-state index contributed by atoms with van der Waals surface area (Å²) in [7, 11) is 0. The number of aromatic carboxylic acids is 1. The number of carbonyl (C=O) groups is 2. The van der Waals surface area contributed by atoms with Gasteiger partial charge in [0.1, 0.15) is 12.4 Å². The van der Waals surface area contributed by atoms with Gasteiger partial charge in [-0.2, -0.15) is 0 Å². The second kappa shape index (κ2) is 8.58. The molecule has 2 heterocycles. The van der Waals surface area contributed by atoms with E-state index in [1.54, 1.807) is 11.0 Å². The van der Waals surface area contributed by atoms with Crippen molar-refractivity contribution in [3.05, 3.63) is 53.5 Å². The molecule has 0 bridgehead atoms. The number of hydrogen-bond acceptors (Lipinski definition) is 5. The second-order valence-corrected chi connectivity index (χ2v) is 7.32. The molecule has 28 heavy (non-hydrogen) atoms. The van der Waals surface area contributed by atoms with E-state index in [1.165, 1.54) is 6.07 Å². The number of amides is 1. The molecule has 150 valence electrons. The minimum atomic E-state index is -1.12. The topological polar surface area (TPSA) is 100 Å². The Morgan fingerprint density at radius 3 is 2.57 bits per heavy atom. The first-order valence-corrected chi connectivity index (χ1v) is 9.36. The molecule has 0 aliphatic carbocycles. The summed E-state index contributed by atoms with van der Waals surface area (Å²) >= 11 is 0. The first-order chi connectivity index (χ1) is 13.4. The van der Waals surface area contributed by atoms with Crippen molar-refractivity contribution in [2.45, 2.75) is 45.4 Å². The number of furan rings is 1. The molecule has 2 aromatic rings. The molecule has 7 heteroatoms. The fourth-order valence-corrected chi connectivity index (χ4v) is 3.34. The monoisotopic (exact) mass is 387 g/mol. The predicted octanol–water partition coefficient (Wildman–Crippen LogP) is 3.38. The summed E-state index contributed by atoms with van der Waals surface area (Å²) in [5.74, 6) is -0.661. The highest BCUT2D eigenvalue weighted by molar-refractivity contribution is 5.96. The van der Waals surface area contributed by atoms with Crippen molar-refractivity contribution in [2.75, 3.05) is 11.5 Å². The lowest BCUT2D eigenvalue weighted by molar-refractivity contribution is -0.117. The third kappa shape index (κ3) is 4.43. The summed E-state index contributed by atoms with van der Waals surface area (Å²) in [4.78, 5) is 24.9. The van der Waals surface area contributed by atoms with Gasteiger partial charge in [-0.25, -0.2) is 4.79 Å². The number of carboxylic acids is 1. The smallest absolute Gasteiger partial charge is 0.371 e. The van der Waals surface area contributed by atoms with Crippen molar-refractivity contribution < 1.29 is 29.0 Å². The first kappa shape index (κ1) is 20.1. The molecule has 1 aromatic carbocycles. The molecule has 1 fully saturated rings. The summed E-state index contributed by atoms with van der Waals surface area (Å²) in [6, 6.07) is 10.3. The maximum absolute atomic E-state index is 12.4. The number of nitrogens with zero attached hydrogens (tertiary/aromatic N) is 1. The highest BCUT2D eigenvalue weighted by Crippen LogP contribution is 2.29. The van der Waals surface area contributed by atoms with Crippen molar-refractivity contribution in [2.24, 2.45) is 5.92 Å². The van der Waals surface area contributed by atoms with Crippen LogP contribution in [0.25, 0.3) is 0 Å². The van der Waals surface area contributed by atoms with Crippen LogP contribution in [0.5, 0.6) is 0 Å². The van der Waals surface area contributed by atoms with Crippen LogP contribution in [0.3, 0.4) is 0 Å². The summed E-state index contributed by atoms with van der Waals surface area (Å²) < 4.78 is 10.8. The van der Waals surface area contributed by atoms with Gasteiger partial charge in [-0.05, 0) is 42.2 Å². The maximum Gasteiger partial charge on any atom is 0.371 e. The van der Waals surface area contributed by atoms with Crippen LogP contribution in [0.4, 0.5) is 5.69 Å². The molecular formula is C21H25NO6. The van der Waals surface area contributed by atoms with Crippen molar-refractivity contribution in [3.63, 3.8) is 0 Å². The number of benzene rings is 1. The van der Waals surface area contributed by atoms with E-state index in [0.29, 0.717) is 25.2 Å². The molecule has 2 atom stereocenters. The van der Waals surface area contributed by atoms with Crippen LogP contribution in [-0.4, -0.2) is 34.7 Å².